The maximum absolute atomic E-state index is 14.2. The van der Waals surface area contributed by atoms with Crippen molar-refractivity contribution in [3.05, 3.63) is 57.8 Å². The number of nitrogens with zero attached hydrogens (tertiary/aromatic N) is 1. The van der Waals surface area contributed by atoms with Gasteiger partial charge in [0.2, 0.25) is 10.0 Å². The molecular weight excluding hydrogens is 404 g/mol. The van der Waals surface area contributed by atoms with Gasteiger partial charge in [-0.1, -0.05) is 6.07 Å². The lowest BCUT2D eigenvalue weighted by molar-refractivity contribution is 0.0728. The lowest BCUT2D eigenvalue weighted by Crippen LogP contribution is -2.47. The topological polar surface area (TPSA) is 113 Å². The highest BCUT2D eigenvalue weighted by Crippen LogP contribution is 2.24. The van der Waals surface area contributed by atoms with Gasteiger partial charge < -0.3 is 9.88 Å². The Morgan fingerprint density at radius 3 is 2.66 bits per heavy atom. The molecule has 10 heteroatoms. The number of carbonyl (C=O) groups is 1. The molecule has 1 amide bonds. The van der Waals surface area contributed by atoms with Gasteiger partial charge in [0.25, 0.3) is 5.91 Å². The first-order valence-electron chi connectivity index (χ1n) is 8.91. The van der Waals surface area contributed by atoms with Crippen LogP contribution in [-0.4, -0.2) is 42.5 Å². The second-order valence-corrected chi connectivity index (χ2v) is 8.94. The van der Waals surface area contributed by atoms with Gasteiger partial charge in [-0.15, -0.1) is 0 Å². The molecule has 2 heterocycles. The zero-order chi connectivity index (χ0) is 20.9. The Morgan fingerprint density at radius 1 is 1.17 bits per heavy atom. The molecule has 0 saturated carbocycles. The maximum Gasteiger partial charge on any atom is 0.256 e. The summed E-state index contributed by atoms with van der Waals surface area (Å²) in [6.07, 6.45) is 0.730. The number of pyridine rings is 1. The molecule has 1 fully saturated rings. The van der Waals surface area contributed by atoms with E-state index < -0.39 is 38.2 Å². The van der Waals surface area contributed by atoms with E-state index in [1.54, 1.807) is 0 Å². The minimum atomic E-state index is -3.84. The predicted octanol–water partition coefficient (Wildman–Crippen LogP) is 1.85. The van der Waals surface area contributed by atoms with Crippen molar-refractivity contribution in [2.75, 3.05) is 13.1 Å². The van der Waals surface area contributed by atoms with E-state index in [1.807, 2.05) is 0 Å². The van der Waals surface area contributed by atoms with Crippen LogP contribution in [0.1, 0.15) is 23.2 Å². The number of carbonyl (C=O) groups excluding carboxylic acids is 1. The summed E-state index contributed by atoms with van der Waals surface area (Å²) in [4.78, 5) is 29.8. The van der Waals surface area contributed by atoms with Crippen molar-refractivity contribution < 1.29 is 22.0 Å². The molecule has 0 radical (unpaired) electrons. The van der Waals surface area contributed by atoms with Crippen LogP contribution in [0.25, 0.3) is 21.8 Å². The average Bonchev–Trinajstić information content (AvgIpc) is 2.68. The van der Waals surface area contributed by atoms with Gasteiger partial charge in [0.05, 0.1) is 21.8 Å². The van der Waals surface area contributed by atoms with E-state index in [0.29, 0.717) is 12.8 Å². The number of hydrogen-bond donors (Lipinski definition) is 2. The fraction of sp³-hybridized carbons (Fsp3) is 0.263. The molecule has 1 unspecified atom stereocenters. The van der Waals surface area contributed by atoms with Gasteiger partial charge in [0.1, 0.15) is 11.6 Å². The number of para-hydroxylation sites is 1. The number of halogens is 2. The molecule has 1 atom stereocenters. The molecule has 29 heavy (non-hydrogen) atoms. The van der Waals surface area contributed by atoms with Gasteiger partial charge in [-0.3, -0.25) is 9.59 Å². The van der Waals surface area contributed by atoms with Crippen molar-refractivity contribution in [2.24, 2.45) is 5.14 Å². The van der Waals surface area contributed by atoms with Crippen molar-refractivity contribution in [1.82, 2.24) is 9.88 Å². The number of primary sulfonamides is 1. The molecule has 0 spiro atoms. The molecule has 152 valence electrons. The summed E-state index contributed by atoms with van der Waals surface area (Å²) >= 11 is 0. The van der Waals surface area contributed by atoms with Gasteiger partial charge in [0.15, 0.2) is 5.43 Å². The quantitative estimate of drug-likeness (QED) is 0.615. The average molecular weight is 421 g/mol. The molecule has 3 N–H and O–H groups in total. The first-order valence-corrected chi connectivity index (χ1v) is 10.5. The van der Waals surface area contributed by atoms with Crippen LogP contribution < -0.4 is 10.6 Å². The lowest BCUT2D eigenvalue weighted by atomic mass is 10.0. The van der Waals surface area contributed by atoms with Gasteiger partial charge in [-0.2, -0.15) is 0 Å². The van der Waals surface area contributed by atoms with E-state index in [2.05, 4.69) is 4.98 Å². The zero-order valence-corrected chi connectivity index (χ0v) is 15.9. The number of fused-ring (bicyclic) bond motifs is 2. The van der Waals surface area contributed by atoms with Crippen LogP contribution in [0.5, 0.6) is 0 Å². The van der Waals surface area contributed by atoms with Crippen LogP contribution in [0.4, 0.5) is 8.78 Å². The molecule has 2 aromatic carbocycles. The number of hydrogen-bond acceptors (Lipinski definition) is 4. The third kappa shape index (κ3) is 3.38. The highest BCUT2D eigenvalue weighted by molar-refractivity contribution is 7.89. The summed E-state index contributed by atoms with van der Waals surface area (Å²) in [6.45, 7) is 0.122. The zero-order valence-electron chi connectivity index (χ0n) is 15.1. The first-order chi connectivity index (χ1) is 13.7. The van der Waals surface area contributed by atoms with E-state index >= 15 is 0 Å². The van der Waals surface area contributed by atoms with Gasteiger partial charge in [0, 0.05) is 23.9 Å². The highest BCUT2D eigenvalue weighted by Gasteiger charge is 2.32. The molecular formula is C19H17F2N3O4S. The number of nitrogens with two attached hydrogens (primary N) is 1. The number of aromatic nitrogens is 1. The number of likely N-dealkylation sites (tertiary alicyclic amines) is 1. The van der Waals surface area contributed by atoms with Crippen LogP contribution in [0, 0.1) is 11.6 Å². The third-order valence-electron chi connectivity index (χ3n) is 5.22. The van der Waals surface area contributed by atoms with Crippen molar-refractivity contribution in [3.8, 4) is 0 Å². The molecule has 1 aliphatic heterocycles. The second-order valence-electron chi connectivity index (χ2n) is 7.10. The maximum atomic E-state index is 14.2. The predicted molar refractivity (Wildman–Crippen MR) is 104 cm³/mol. The number of H-pyrrole nitrogens is 1. The summed E-state index contributed by atoms with van der Waals surface area (Å²) in [5.74, 6) is -2.15. The molecule has 1 aliphatic rings. The lowest BCUT2D eigenvalue weighted by Gasteiger charge is -2.31. The highest BCUT2D eigenvalue weighted by atomic mass is 32.2. The van der Waals surface area contributed by atoms with Crippen molar-refractivity contribution in [3.63, 3.8) is 0 Å². The Labute approximate surface area is 164 Å². The minimum Gasteiger partial charge on any atom is -0.351 e. The van der Waals surface area contributed by atoms with E-state index in [-0.39, 0.29) is 40.5 Å². The van der Waals surface area contributed by atoms with Gasteiger partial charge in [-0.05, 0) is 37.1 Å². The fourth-order valence-electron chi connectivity index (χ4n) is 3.76. The number of benzene rings is 2. The normalized spacial score (nSPS) is 17.8. The summed E-state index contributed by atoms with van der Waals surface area (Å²) in [6, 6.07) is 5.87. The van der Waals surface area contributed by atoms with Gasteiger partial charge >= 0.3 is 0 Å². The molecule has 0 bridgehead atoms. The van der Waals surface area contributed by atoms with E-state index in [1.165, 1.54) is 17.0 Å². The van der Waals surface area contributed by atoms with Gasteiger partial charge in [-0.25, -0.2) is 22.3 Å². The molecule has 1 saturated heterocycles. The summed E-state index contributed by atoms with van der Waals surface area (Å²) in [7, 11) is -3.84. The molecule has 0 aliphatic carbocycles. The molecule has 4 rings (SSSR count). The van der Waals surface area contributed by atoms with Crippen molar-refractivity contribution in [1.29, 1.82) is 0 Å². The summed E-state index contributed by atoms with van der Waals surface area (Å²) in [5.41, 5.74) is -0.872. The number of rotatable bonds is 2. The minimum absolute atomic E-state index is 0.00303. The summed E-state index contributed by atoms with van der Waals surface area (Å²) in [5, 5.41) is 4.24. The summed E-state index contributed by atoms with van der Waals surface area (Å²) < 4.78 is 51.8. The molecule has 3 aromatic rings. The Kier molecular flexibility index (Phi) is 4.62. The standard InChI is InChI=1S/C19H17F2N3O4S/c20-10-7-13-16(23-17-12(18(13)25)4-1-5-15(17)21)14(8-10)19(26)24-6-2-3-11(9-24)29(22,27)28/h1,4-5,7-8,11H,2-3,6,9H2,(H,23,25)(H2,22,27,28). The van der Waals surface area contributed by atoms with Crippen LogP contribution in [0.15, 0.2) is 35.1 Å². The first kappa shape index (κ1) is 19.5. The molecule has 7 nitrogen and oxygen atoms in total. The van der Waals surface area contributed by atoms with E-state index in [9.17, 15) is 26.8 Å². The van der Waals surface area contributed by atoms with Crippen molar-refractivity contribution in [2.45, 2.75) is 18.1 Å². The SMILES string of the molecule is NS(=O)(=O)C1CCCN(C(=O)c2cc(F)cc3c(=O)c4cccc(F)c4[nH]c23)C1. The molecule has 1 aromatic heterocycles. The Bertz CT molecular complexity index is 1320. The number of aromatic amines is 1. The monoisotopic (exact) mass is 421 g/mol. The number of nitrogens with one attached hydrogen (secondary N) is 1. The van der Waals surface area contributed by atoms with Crippen molar-refractivity contribution >= 4 is 37.7 Å². The van der Waals surface area contributed by atoms with Crippen LogP contribution in [-0.2, 0) is 10.0 Å². The largest absolute Gasteiger partial charge is 0.351 e. The smallest absolute Gasteiger partial charge is 0.256 e. The number of sulfonamides is 1. The van der Waals surface area contributed by atoms with E-state index in [0.717, 1.165) is 18.2 Å². The van der Waals surface area contributed by atoms with E-state index in [4.69, 9.17) is 5.14 Å². The second kappa shape index (κ2) is 6.89. The number of amides is 1. The van der Waals surface area contributed by atoms with Crippen LogP contribution >= 0.6 is 0 Å². The third-order valence-corrected chi connectivity index (χ3v) is 6.53. The Morgan fingerprint density at radius 2 is 1.93 bits per heavy atom. The van der Waals surface area contributed by atoms with Crippen LogP contribution in [0.2, 0.25) is 0 Å². The van der Waals surface area contributed by atoms with Crippen LogP contribution in [0.3, 0.4) is 0 Å². The Balaban J connectivity index is 1.89. The fourth-order valence-corrected chi connectivity index (χ4v) is 4.64. The number of piperidine rings is 1. The Hall–Kier alpha value is -2.85.